The van der Waals surface area contributed by atoms with Crippen LogP contribution in [0.25, 0.3) is 10.2 Å². The SMILES string of the molecule is Cc1ccc(S(=O)(=O)N(C)C(C)c2nc3ccccc3s2)cc1. The molecule has 0 spiro atoms. The van der Waals surface area contributed by atoms with E-state index in [0.717, 1.165) is 20.8 Å². The van der Waals surface area contributed by atoms with E-state index in [1.807, 2.05) is 50.2 Å². The van der Waals surface area contributed by atoms with E-state index in [4.69, 9.17) is 0 Å². The molecule has 0 N–H and O–H groups in total. The summed E-state index contributed by atoms with van der Waals surface area (Å²) in [4.78, 5) is 4.87. The average molecular weight is 346 g/mol. The zero-order valence-corrected chi connectivity index (χ0v) is 14.9. The van der Waals surface area contributed by atoms with Crippen LogP contribution in [0.5, 0.6) is 0 Å². The Morgan fingerprint density at radius 2 is 1.74 bits per heavy atom. The van der Waals surface area contributed by atoms with E-state index in [2.05, 4.69) is 4.98 Å². The molecule has 3 aromatic rings. The molecule has 1 atom stereocenters. The molecule has 1 aromatic heterocycles. The van der Waals surface area contributed by atoms with E-state index in [1.165, 1.54) is 15.6 Å². The predicted octanol–water partition coefficient (Wildman–Crippen LogP) is 3.99. The van der Waals surface area contributed by atoms with E-state index in [1.54, 1.807) is 19.2 Å². The molecule has 4 nitrogen and oxygen atoms in total. The summed E-state index contributed by atoms with van der Waals surface area (Å²) in [5.74, 6) is 0. The highest BCUT2D eigenvalue weighted by atomic mass is 32.2. The molecule has 1 unspecified atom stereocenters. The van der Waals surface area contributed by atoms with Crippen LogP contribution >= 0.6 is 11.3 Å². The average Bonchev–Trinajstić information content (AvgIpc) is 2.98. The fourth-order valence-corrected chi connectivity index (χ4v) is 4.77. The third-order valence-corrected chi connectivity index (χ3v) is 7.06. The number of aromatic nitrogens is 1. The summed E-state index contributed by atoms with van der Waals surface area (Å²) in [7, 11) is -1.94. The van der Waals surface area contributed by atoms with Gasteiger partial charge >= 0.3 is 0 Å². The Balaban J connectivity index is 1.94. The summed E-state index contributed by atoms with van der Waals surface area (Å²) in [6, 6.07) is 14.4. The Bertz CT molecular complexity index is 898. The molecule has 0 aliphatic heterocycles. The third-order valence-electron chi connectivity index (χ3n) is 3.91. The molecular formula is C17H18N2O2S2. The first-order chi connectivity index (χ1) is 10.9. The highest BCUT2D eigenvalue weighted by molar-refractivity contribution is 7.89. The van der Waals surface area contributed by atoms with Crippen LogP contribution in [-0.4, -0.2) is 24.8 Å². The number of hydrogen-bond donors (Lipinski definition) is 0. The van der Waals surface area contributed by atoms with Crippen LogP contribution in [0.2, 0.25) is 0 Å². The molecule has 0 fully saturated rings. The molecule has 0 aliphatic carbocycles. The third kappa shape index (κ3) is 3.02. The second-order valence-electron chi connectivity index (χ2n) is 5.53. The van der Waals surface area contributed by atoms with Crippen molar-refractivity contribution in [3.63, 3.8) is 0 Å². The summed E-state index contributed by atoms with van der Waals surface area (Å²) in [6.45, 7) is 3.80. The van der Waals surface area contributed by atoms with E-state index in [0.29, 0.717) is 4.90 Å². The lowest BCUT2D eigenvalue weighted by molar-refractivity contribution is 0.398. The summed E-state index contributed by atoms with van der Waals surface area (Å²) < 4.78 is 28.0. The second-order valence-corrected chi connectivity index (χ2v) is 8.59. The Labute approximate surface area is 140 Å². The quantitative estimate of drug-likeness (QED) is 0.718. The van der Waals surface area contributed by atoms with Gasteiger partial charge in [-0.3, -0.25) is 0 Å². The van der Waals surface area contributed by atoms with Gasteiger partial charge in [-0.05, 0) is 38.1 Å². The topological polar surface area (TPSA) is 50.3 Å². The molecule has 0 radical (unpaired) electrons. The van der Waals surface area contributed by atoms with Gasteiger partial charge in [0, 0.05) is 7.05 Å². The molecule has 0 bridgehead atoms. The fraction of sp³-hybridized carbons (Fsp3) is 0.235. The van der Waals surface area contributed by atoms with Crippen molar-refractivity contribution in [3.05, 3.63) is 59.1 Å². The van der Waals surface area contributed by atoms with Crippen LogP contribution in [-0.2, 0) is 10.0 Å². The maximum absolute atomic E-state index is 12.8. The zero-order chi connectivity index (χ0) is 16.6. The van der Waals surface area contributed by atoms with Crippen LogP contribution in [0.3, 0.4) is 0 Å². The van der Waals surface area contributed by atoms with Crippen molar-refractivity contribution >= 4 is 31.6 Å². The molecule has 1 heterocycles. The van der Waals surface area contributed by atoms with Crippen molar-refractivity contribution in [3.8, 4) is 0 Å². The van der Waals surface area contributed by atoms with Gasteiger partial charge in [0.15, 0.2) is 0 Å². The molecular weight excluding hydrogens is 328 g/mol. The van der Waals surface area contributed by atoms with Crippen LogP contribution in [0.1, 0.15) is 23.5 Å². The number of benzene rings is 2. The molecule has 6 heteroatoms. The lowest BCUT2D eigenvalue weighted by Gasteiger charge is -2.22. The highest BCUT2D eigenvalue weighted by Crippen LogP contribution is 2.31. The smallest absolute Gasteiger partial charge is 0.239 e. The minimum Gasteiger partial charge on any atom is -0.239 e. The van der Waals surface area contributed by atoms with Crippen molar-refractivity contribution in [1.29, 1.82) is 0 Å². The second kappa shape index (κ2) is 6.03. The number of rotatable bonds is 4. The lowest BCUT2D eigenvalue weighted by Crippen LogP contribution is -2.29. The van der Waals surface area contributed by atoms with Gasteiger partial charge in [0.05, 0.1) is 21.2 Å². The van der Waals surface area contributed by atoms with E-state index in [-0.39, 0.29) is 6.04 Å². The maximum atomic E-state index is 12.8. The first-order valence-corrected chi connectivity index (χ1v) is 9.55. The molecule has 3 rings (SSSR count). The van der Waals surface area contributed by atoms with Crippen LogP contribution in [0.4, 0.5) is 0 Å². The predicted molar refractivity (Wildman–Crippen MR) is 94.2 cm³/mol. The van der Waals surface area contributed by atoms with Gasteiger partial charge in [0.25, 0.3) is 0 Å². The van der Waals surface area contributed by atoms with Crippen molar-refractivity contribution < 1.29 is 8.42 Å². The number of hydrogen-bond acceptors (Lipinski definition) is 4. The summed E-state index contributed by atoms with van der Waals surface area (Å²) in [5, 5.41) is 0.796. The Hall–Kier alpha value is -1.76. The normalized spacial score (nSPS) is 13.6. The highest BCUT2D eigenvalue weighted by Gasteiger charge is 2.28. The van der Waals surface area contributed by atoms with Gasteiger partial charge in [-0.25, -0.2) is 13.4 Å². The first kappa shape index (κ1) is 16.1. The molecule has 0 saturated carbocycles. The maximum Gasteiger partial charge on any atom is 0.243 e. The molecule has 120 valence electrons. The number of para-hydroxylation sites is 1. The van der Waals surface area contributed by atoms with Crippen molar-refractivity contribution in [2.75, 3.05) is 7.05 Å². The van der Waals surface area contributed by atoms with E-state index < -0.39 is 10.0 Å². The molecule has 0 saturated heterocycles. The van der Waals surface area contributed by atoms with Crippen LogP contribution < -0.4 is 0 Å². The largest absolute Gasteiger partial charge is 0.243 e. The number of fused-ring (bicyclic) bond motifs is 1. The first-order valence-electron chi connectivity index (χ1n) is 7.30. The summed E-state index contributed by atoms with van der Waals surface area (Å²) in [5.41, 5.74) is 1.94. The van der Waals surface area contributed by atoms with Crippen molar-refractivity contribution in [2.45, 2.75) is 24.8 Å². The Kier molecular flexibility index (Phi) is 4.23. The number of nitrogens with zero attached hydrogens (tertiary/aromatic N) is 2. The van der Waals surface area contributed by atoms with Gasteiger partial charge in [0.2, 0.25) is 10.0 Å². The van der Waals surface area contributed by atoms with Gasteiger partial charge in [0.1, 0.15) is 5.01 Å². The number of aryl methyl sites for hydroxylation is 1. The number of thiazole rings is 1. The Morgan fingerprint density at radius 3 is 2.39 bits per heavy atom. The van der Waals surface area contributed by atoms with E-state index >= 15 is 0 Å². The molecule has 23 heavy (non-hydrogen) atoms. The number of sulfonamides is 1. The van der Waals surface area contributed by atoms with Gasteiger partial charge in [-0.2, -0.15) is 4.31 Å². The summed E-state index contributed by atoms with van der Waals surface area (Å²) >= 11 is 1.53. The Morgan fingerprint density at radius 1 is 1.09 bits per heavy atom. The zero-order valence-electron chi connectivity index (χ0n) is 13.2. The lowest BCUT2D eigenvalue weighted by atomic mass is 10.2. The van der Waals surface area contributed by atoms with Gasteiger partial charge in [-0.1, -0.05) is 29.8 Å². The minimum atomic E-state index is -3.54. The standard InChI is InChI=1S/C17H18N2O2S2/c1-12-8-10-14(11-9-12)23(20,21)19(3)13(2)17-18-15-6-4-5-7-16(15)22-17/h4-11,13H,1-3H3. The van der Waals surface area contributed by atoms with Gasteiger partial charge in [-0.15, -0.1) is 11.3 Å². The van der Waals surface area contributed by atoms with Crippen LogP contribution in [0, 0.1) is 6.92 Å². The fourth-order valence-electron chi connectivity index (χ4n) is 2.31. The molecule has 2 aromatic carbocycles. The molecule has 0 amide bonds. The van der Waals surface area contributed by atoms with E-state index in [9.17, 15) is 8.42 Å². The van der Waals surface area contributed by atoms with Crippen molar-refractivity contribution in [2.24, 2.45) is 0 Å². The van der Waals surface area contributed by atoms with Crippen LogP contribution in [0.15, 0.2) is 53.4 Å². The van der Waals surface area contributed by atoms with Crippen molar-refractivity contribution in [1.82, 2.24) is 9.29 Å². The van der Waals surface area contributed by atoms with Gasteiger partial charge < -0.3 is 0 Å². The molecule has 0 aliphatic rings. The monoisotopic (exact) mass is 346 g/mol. The summed E-state index contributed by atoms with van der Waals surface area (Å²) in [6.07, 6.45) is 0. The minimum absolute atomic E-state index is 0.304.